The lowest BCUT2D eigenvalue weighted by atomic mass is 9.80. The van der Waals surface area contributed by atoms with E-state index in [1.165, 1.54) is 0 Å². The summed E-state index contributed by atoms with van der Waals surface area (Å²) in [5.41, 5.74) is 1.96. The molecule has 3 heterocycles. The van der Waals surface area contributed by atoms with Crippen molar-refractivity contribution >= 4 is 28.5 Å². The Hall–Kier alpha value is -1.11. The highest BCUT2D eigenvalue weighted by Gasteiger charge is 2.51. The van der Waals surface area contributed by atoms with E-state index in [0.29, 0.717) is 0 Å². The molecule has 4 nitrogen and oxygen atoms in total. The van der Waals surface area contributed by atoms with Crippen LogP contribution in [-0.2, 0) is 9.31 Å². The minimum absolute atomic E-state index is 0.354. The van der Waals surface area contributed by atoms with E-state index in [-0.39, 0.29) is 11.2 Å². The lowest BCUT2D eigenvalue weighted by molar-refractivity contribution is 0.00578. The Morgan fingerprint density at radius 3 is 2.33 bits per heavy atom. The summed E-state index contributed by atoms with van der Waals surface area (Å²) < 4.78 is 18.1. The molecule has 1 fully saturated rings. The van der Waals surface area contributed by atoms with Gasteiger partial charge in [-0.3, -0.25) is 4.98 Å². The van der Waals surface area contributed by atoms with Crippen molar-refractivity contribution in [1.29, 1.82) is 0 Å². The molecule has 2 aromatic heterocycles. The summed E-state index contributed by atoms with van der Waals surface area (Å²) in [5.74, 6) is 0. The highest BCUT2D eigenvalue weighted by atomic mass is 79.9. The van der Waals surface area contributed by atoms with Crippen molar-refractivity contribution in [1.82, 2.24) is 4.98 Å². The zero-order valence-electron chi connectivity index (χ0n) is 12.5. The molecule has 3 rings (SSSR count). The van der Waals surface area contributed by atoms with E-state index < -0.39 is 7.12 Å². The molecule has 0 aliphatic carbocycles. The van der Waals surface area contributed by atoms with E-state index in [2.05, 4.69) is 20.9 Å². The maximum atomic E-state index is 6.03. The molecule has 1 saturated heterocycles. The number of pyridine rings is 1. The van der Waals surface area contributed by atoms with E-state index in [9.17, 15) is 0 Å². The third-order valence-corrected chi connectivity index (χ3v) is 4.79. The molecule has 0 spiro atoms. The van der Waals surface area contributed by atoms with E-state index >= 15 is 0 Å². The second kappa shape index (κ2) is 4.97. The number of hydrogen-bond donors (Lipinski definition) is 0. The summed E-state index contributed by atoms with van der Waals surface area (Å²) in [6, 6.07) is 3.86. The molecule has 0 atom stereocenters. The molecule has 0 amide bonds. The molecule has 21 heavy (non-hydrogen) atoms. The topological polar surface area (TPSA) is 44.5 Å². The van der Waals surface area contributed by atoms with Gasteiger partial charge in [-0.05, 0) is 55.8 Å². The molecule has 0 saturated carbocycles. The van der Waals surface area contributed by atoms with Gasteiger partial charge in [0.05, 0.1) is 29.4 Å². The first-order valence-corrected chi connectivity index (χ1v) is 7.63. The molecule has 6 heteroatoms. The fraction of sp³-hybridized carbons (Fsp3) is 0.400. The maximum Gasteiger partial charge on any atom is 0.496 e. The zero-order chi connectivity index (χ0) is 15.3. The average molecular weight is 350 g/mol. The Kier molecular flexibility index (Phi) is 3.51. The highest BCUT2D eigenvalue weighted by molar-refractivity contribution is 9.10. The lowest BCUT2D eigenvalue weighted by Gasteiger charge is -2.32. The Morgan fingerprint density at radius 2 is 1.81 bits per heavy atom. The normalized spacial score (nSPS) is 20.0. The van der Waals surface area contributed by atoms with Gasteiger partial charge in [0.15, 0.2) is 0 Å². The van der Waals surface area contributed by atoms with Crippen molar-refractivity contribution < 1.29 is 13.7 Å². The minimum atomic E-state index is -0.405. The van der Waals surface area contributed by atoms with Crippen LogP contribution in [0.25, 0.3) is 11.3 Å². The van der Waals surface area contributed by atoms with Gasteiger partial charge in [-0.1, -0.05) is 0 Å². The van der Waals surface area contributed by atoms with Crippen LogP contribution in [-0.4, -0.2) is 23.3 Å². The number of aromatic nitrogens is 1. The zero-order valence-corrected chi connectivity index (χ0v) is 14.1. The lowest BCUT2D eigenvalue weighted by Crippen LogP contribution is -2.41. The fourth-order valence-corrected chi connectivity index (χ4v) is 2.77. The van der Waals surface area contributed by atoms with Crippen molar-refractivity contribution in [2.45, 2.75) is 38.9 Å². The molecule has 0 radical (unpaired) electrons. The summed E-state index contributed by atoms with van der Waals surface area (Å²) in [7, 11) is -0.405. The predicted octanol–water partition coefficient (Wildman–Crippen LogP) is 3.40. The molecule has 110 valence electrons. The first kappa shape index (κ1) is 14.8. The van der Waals surface area contributed by atoms with Crippen molar-refractivity contribution in [3.63, 3.8) is 0 Å². The largest absolute Gasteiger partial charge is 0.496 e. The van der Waals surface area contributed by atoms with Gasteiger partial charge in [0.1, 0.15) is 0 Å². The first-order chi connectivity index (χ1) is 9.80. The van der Waals surface area contributed by atoms with Gasteiger partial charge in [-0.2, -0.15) is 0 Å². The predicted molar refractivity (Wildman–Crippen MR) is 85.4 cm³/mol. The summed E-state index contributed by atoms with van der Waals surface area (Å²) in [4.78, 5) is 4.49. The van der Waals surface area contributed by atoms with Gasteiger partial charge in [-0.25, -0.2) is 0 Å². The van der Waals surface area contributed by atoms with Crippen LogP contribution < -0.4 is 5.46 Å². The van der Waals surface area contributed by atoms with Crippen LogP contribution in [0.3, 0.4) is 0 Å². The monoisotopic (exact) mass is 349 g/mol. The number of furan rings is 1. The van der Waals surface area contributed by atoms with Gasteiger partial charge < -0.3 is 13.7 Å². The molecule has 0 aromatic carbocycles. The van der Waals surface area contributed by atoms with Crippen LogP contribution in [0.5, 0.6) is 0 Å². The fourth-order valence-electron chi connectivity index (χ4n) is 2.17. The standard InChI is InChI=1S/C15H17BBrNO3/c1-14(2)15(3,4)21-16(20-14)11-7-12(17)13(18-8-11)10-5-6-19-9-10/h5-9H,1-4H3. The number of hydrogen-bond acceptors (Lipinski definition) is 4. The molecule has 0 unspecified atom stereocenters. The molecule has 0 bridgehead atoms. The summed E-state index contributed by atoms with van der Waals surface area (Å²) in [6.07, 6.45) is 5.09. The maximum absolute atomic E-state index is 6.03. The molecule has 1 aliphatic rings. The molecule has 2 aromatic rings. The van der Waals surface area contributed by atoms with Crippen molar-refractivity contribution in [3.8, 4) is 11.3 Å². The third-order valence-electron chi connectivity index (χ3n) is 4.18. The van der Waals surface area contributed by atoms with Gasteiger partial charge in [0.2, 0.25) is 0 Å². The van der Waals surface area contributed by atoms with Gasteiger partial charge >= 0.3 is 7.12 Å². The van der Waals surface area contributed by atoms with Crippen molar-refractivity contribution in [3.05, 3.63) is 35.3 Å². The van der Waals surface area contributed by atoms with Crippen LogP contribution in [0.4, 0.5) is 0 Å². The first-order valence-electron chi connectivity index (χ1n) is 6.84. The van der Waals surface area contributed by atoms with Crippen LogP contribution >= 0.6 is 15.9 Å². The van der Waals surface area contributed by atoms with Gasteiger partial charge in [0, 0.05) is 21.7 Å². The Balaban J connectivity index is 1.90. The Bertz CT molecular complexity index is 639. The van der Waals surface area contributed by atoms with Crippen LogP contribution in [0.1, 0.15) is 27.7 Å². The SMILES string of the molecule is CC1(C)OB(c2cnc(-c3ccoc3)c(Br)c2)OC1(C)C. The molecule has 0 N–H and O–H groups in total. The van der Waals surface area contributed by atoms with Crippen LogP contribution in [0.15, 0.2) is 39.7 Å². The van der Waals surface area contributed by atoms with E-state index in [4.69, 9.17) is 13.7 Å². The van der Waals surface area contributed by atoms with E-state index in [0.717, 1.165) is 21.2 Å². The quantitative estimate of drug-likeness (QED) is 0.779. The Morgan fingerprint density at radius 1 is 1.14 bits per heavy atom. The summed E-state index contributed by atoms with van der Waals surface area (Å²) >= 11 is 3.56. The highest BCUT2D eigenvalue weighted by Crippen LogP contribution is 2.36. The second-order valence-electron chi connectivity index (χ2n) is 6.20. The number of nitrogens with zero attached hydrogens (tertiary/aromatic N) is 1. The van der Waals surface area contributed by atoms with Gasteiger partial charge in [0.25, 0.3) is 0 Å². The summed E-state index contributed by atoms with van der Waals surface area (Å²) in [6.45, 7) is 8.15. The van der Waals surface area contributed by atoms with Crippen molar-refractivity contribution in [2.75, 3.05) is 0 Å². The second-order valence-corrected chi connectivity index (χ2v) is 7.05. The number of halogens is 1. The average Bonchev–Trinajstić information content (AvgIpc) is 2.96. The van der Waals surface area contributed by atoms with E-state index in [1.54, 1.807) is 18.7 Å². The van der Waals surface area contributed by atoms with Gasteiger partial charge in [-0.15, -0.1) is 0 Å². The summed E-state index contributed by atoms with van der Waals surface area (Å²) in [5, 5.41) is 0. The van der Waals surface area contributed by atoms with Crippen LogP contribution in [0.2, 0.25) is 0 Å². The smallest absolute Gasteiger partial charge is 0.472 e. The molecular weight excluding hydrogens is 333 g/mol. The van der Waals surface area contributed by atoms with E-state index in [1.807, 2.05) is 39.8 Å². The third kappa shape index (κ3) is 2.56. The molecule has 1 aliphatic heterocycles. The molecular formula is C15H17BBrNO3. The van der Waals surface area contributed by atoms with Crippen LogP contribution in [0, 0.1) is 0 Å². The number of rotatable bonds is 2. The minimum Gasteiger partial charge on any atom is -0.472 e. The Labute approximate surface area is 133 Å². The van der Waals surface area contributed by atoms with Crippen molar-refractivity contribution in [2.24, 2.45) is 0 Å².